The number of esters is 1. The molecule has 0 saturated heterocycles. The van der Waals surface area contributed by atoms with Gasteiger partial charge in [-0.05, 0) is 47.2 Å². The molecule has 0 aliphatic heterocycles. The zero-order chi connectivity index (χ0) is 20.6. The minimum atomic E-state index is -0.425. The molecule has 29 heavy (non-hydrogen) atoms. The SMILES string of the molecule is CC(C)(C)c1cc(OC(=O)c2ccc3ccccc3c2)n(-c2ccc(Cl)cc2)n1. The van der Waals surface area contributed by atoms with Gasteiger partial charge in [-0.3, -0.25) is 0 Å². The quantitative estimate of drug-likeness (QED) is 0.382. The first-order valence-corrected chi connectivity index (χ1v) is 9.76. The molecule has 3 aromatic carbocycles. The van der Waals surface area contributed by atoms with Gasteiger partial charge in [0, 0.05) is 16.5 Å². The van der Waals surface area contributed by atoms with Crippen molar-refractivity contribution in [3.63, 3.8) is 0 Å². The summed E-state index contributed by atoms with van der Waals surface area (Å²) in [4.78, 5) is 12.9. The molecule has 0 atom stereocenters. The van der Waals surface area contributed by atoms with E-state index < -0.39 is 5.97 Å². The standard InChI is InChI=1S/C24H21ClN2O2/c1-24(2,3)21-15-22(27(26-21)20-12-10-19(25)11-13-20)29-23(28)18-9-8-16-6-4-5-7-17(16)14-18/h4-15H,1-3H3. The number of aromatic nitrogens is 2. The van der Waals surface area contributed by atoms with Crippen LogP contribution >= 0.6 is 11.6 Å². The minimum Gasteiger partial charge on any atom is -0.404 e. The predicted octanol–water partition coefficient (Wildman–Crippen LogP) is 6.20. The van der Waals surface area contributed by atoms with Gasteiger partial charge in [-0.1, -0.05) is 62.7 Å². The van der Waals surface area contributed by atoms with E-state index in [2.05, 4.69) is 25.9 Å². The summed E-state index contributed by atoms with van der Waals surface area (Å²) in [6.07, 6.45) is 0. The molecule has 1 heterocycles. The second kappa shape index (κ2) is 7.37. The van der Waals surface area contributed by atoms with Crippen LogP contribution in [0.2, 0.25) is 5.02 Å². The molecule has 0 aliphatic carbocycles. The lowest BCUT2D eigenvalue weighted by Gasteiger charge is -2.13. The summed E-state index contributed by atoms with van der Waals surface area (Å²) in [6, 6.07) is 22.5. The number of fused-ring (bicyclic) bond motifs is 1. The van der Waals surface area contributed by atoms with Crippen molar-refractivity contribution in [1.29, 1.82) is 0 Å². The fourth-order valence-corrected chi connectivity index (χ4v) is 3.17. The maximum Gasteiger partial charge on any atom is 0.344 e. The number of hydrogen-bond acceptors (Lipinski definition) is 3. The first kappa shape index (κ1) is 19.2. The Morgan fingerprint density at radius 2 is 1.62 bits per heavy atom. The van der Waals surface area contributed by atoms with Gasteiger partial charge in [0.15, 0.2) is 0 Å². The first-order chi connectivity index (χ1) is 13.8. The zero-order valence-corrected chi connectivity index (χ0v) is 17.3. The fourth-order valence-electron chi connectivity index (χ4n) is 3.04. The van der Waals surface area contributed by atoms with Gasteiger partial charge in [0.2, 0.25) is 5.88 Å². The molecule has 0 unspecified atom stereocenters. The van der Waals surface area contributed by atoms with Crippen LogP contribution in [0.3, 0.4) is 0 Å². The van der Waals surface area contributed by atoms with Gasteiger partial charge in [-0.25, -0.2) is 9.48 Å². The molecule has 0 amide bonds. The average Bonchev–Trinajstić information content (AvgIpc) is 3.12. The van der Waals surface area contributed by atoms with Crippen molar-refractivity contribution in [3.8, 4) is 11.6 Å². The summed E-state index contributed by atoms with van der Waals surface area (Å²) in [5.74, 6) is -0.0540. The molecule has 0 fully saturated rings. The molecule has 4 rings (SSSR count). The van der Waals surface area contributed by atoms with Gasteiger partial charge in [0.05, 0.1) is 16.9 Å². The lowest BCUT2D eigenvalue weighted by Crippen LogP contribution is -2.13. The summed E-state index contributed by atoms with van der Waals surface area (Å²) < 4.78 is 7.40. The first-order valence-electron chi connectivity index (χ1n) is 9.39. The van der Waals surface area contributed by atoms with E-state index >= 15 is 0 Å². The number of carbonyl (C=O) groups excluding carboxylic acids is 1. The summed E-state index contributed by atoms with van der Waals surface area (Å²) in [5.41, 5.74) is 1.90. The molecular weight excluding hydrogens is 384 g/mol. The summed E-state index contributed by atoms with van der Waals surface area (Å²) in [6.45, 7) is 6.20. The van der Waals surface area contributed by atoms with E-state index in [4.69, 9.17) is 16.3 Å². The van der Waals surface area contributed by atoms with Gasteiger partial charge in [0.25, 0.3) is 0 Å². The second-order valence-electron chi connectivity index (χ2n) is 7.96. The zero-order valence-electron chi connectivity index (χ0n) is 16.5. The van der Waals surface area contributed by atoms with E-state index in [0.29, 0.717) is 16.5 Å². The summed E-state index contributed by atoms with van der Waals surface area (Å²) >= 11 is 6.01. The molecule has 146 valence electrons. The van der Waals surface area contributed by atoms with Gasteiger partial charge < -0.3 is 4.74 Å². The van der Waals surface area contributed by atoms with Gasteiger partial charge >= 0.3 is 5.97 Å². The Morgan fingerprint density at radius 1 is 0.931 bits per heavy atom. The average molecular weight is 405 g/mol. The normalized spacial score (nSPS) is 11.6. The van der Waals surface area contributed by atoms with Gasteiger partial charge in [-0.2, -0.15) is 5.10 Å². The van der Waals surface area contributed by atoms with Crippen LogP contribution in [-0.4, -0.2) is 15.7 Å². The van der Waals surface area contributed by atoms with E-state index in [-0.39, 0.29) is 5.41 Å². The van der Waals surface area contributed by atoms with E-state index in [0.717, 1.165) is 22.2 Å². The monoisotopic (exact) mass is 404 g/mol. The predicted molar refractivity (Wildman–Crippen MR) is 116 cm³/mol. The highest BCUT2D eigenvalue weighted by atomic mass is 35.5. The van der Waals surface area contributed by atoms with Crippen LogP contribution in [0.5, 0.6) is 5.88 Å². The number of ether oxygens (including phenoxy) is 1. The van der Waals surface area contributed by atoms with E-state index in [1.54, 1.807) is 22.9 Å². The Bertz CT molecular complexity index is 1190. The molecule has 1 aromatic heterocycles. The second-order valence-corrected chi connectivity index (χ2v) is 8.39. The number of carbonyl (C=O) groups is 1. The van der Waals surface area contributed by atoms with Crippen LogP contribution in [-0.2, 0) is 5.41 Å². The van der Waals surface area contributed by atoms with Crippen LogP contribution in [0.4, 0.5) is 0 Å². The molecule has 0 spiro atoms. The molecule has 4 aromatic rings. The Labute approximate surface area is 174 Å². The van der Waals surface area contributed by atoms with Crippen molar-refractivity contribution in [2.24, 2.45) is 0 Å². The molecule has 5 heteroatoms. The van der Waals surface area contributed by atoms with Crippen molar-refractivity contribution in [3.05, 3.63) is 89.1 Å². The smallest absolute Gasteiger partial charge is 0.344 e. The molecule has 0 N–H and O–H groups in total. The number of hydrogen-bond donors (Lipinski definition) is 0. The van der Waals surface area contributed by atoms with Crippen LogP contribution in [0.25, 0.3) is 16.5 Å². The van der Waals surface area contributed by atoms with Crippen LogP contribution < -0.4 is 4.74 Å². The number of halogens is 1. The lowest BCUT2D eigenvalue weighted by molar-refractivity contribution is 0.0723. The molecule has 0 saturated carbocycles. The largest absolute Gasteiger partial charge is 0.404 e. The van der Waals surface area contributed by atoms with Crippen LogP contribution in [0.15, 0.2) is 72.8 Å². The Morgan fingerprint density at radius 3 is 2.31 bits per heavy atom. The van der Waals surface area contributed by atoms with Gasteiger partial charge in [-0.15, -0.1) is 0 Å². The Hall–Kier alpha value is -3.11. The number of benzene rings is 3. The van der Waals surface area contributed by atoms with Crippen molar-refractivity contribution in [2.45, 2.75) is 26.2 Å². The highest BCUT2D eigenvalue weighted by Crippen LogP contribution is 2.29. The van der Waals surface area contributed by atoms with Crippen LogP contribution in [0, 0.1) is 0 Å². The van der Waals surface area contributed by atoms with E-state index in [1.165, 1.54) is 0 Å². The topological polar surface area (TPSA) is 44.1 Å². The van der Waals surface area contributed by atoms with E-state index in [9.17, 15) is 4.79 Å². The molecule has 4 nitrogen and oxygen atoms in total. The van der Waals surface area contributed by atoms with Crippen LogP contribution in [0.1, 0.15) is 36.8 Å². The third-order valence-electron chi connectivity index (χ3n) is 4.70. The number of nitrogens with zero attached hydrogens (tertiary/aromatic N) is 2. The maximum absolute atomic E-state index is 12.9. The highest BCUT2D eigenvalue weighted by Gasteiger charge is 2.23. The fraction of sp³-hybridized carbons (Fsp3) is 0.167. The van der Waals surface area contributed by atoms with Crippen molar-refractivity contribution >= 4 is 28.3 Å². The molecule has 0 radical (unpaired) electrons. The van der Waals surface area contributed by atoms with E-state index in [1.807, 2.05) is 54.6 Å². The Balaban J connectivity index is 1.71. The van der Waals surface area contributed by atoms with Crippen molar-refractivity contribution < 1.29 is 9.53 Å². The lowest BCUT2D eigenvalue weighted by atomic mass is 9.93. The van der Waals surface area contributed by atoms with Gasteiger partial charge in [0.1, 0.15) is 0 Å². The van der Waals surface area contributed by atoms with Crippen molar-refractivity contribution in [1.82, 2.24) is 9.78 Å². The molecule has 0 aliphatic rings. The Kier molecular flexibility index (Phi) is 4.89. The highest BCUT2D eigenvalue weighted by molar-refractivity contribution is 6.30. The molecule has 0 bridgehead atoms. The minimum absolute atomic E-state index is 0.193. The summed E-state index contributed by atoms with van der Waals surface area (Å²) in [7, 11) is 0. The maximum atomic E-state index is 12.9. The third kappa shape index (κ3) is 4.03. The number of rotatable bonds is 3. The van der Waals surface area contributed by atoms with Crippen molar-refractivity contribution in [2.75, 3.05) is 0 Å². The molecular formula is C24H21ClN2O2. The summed E-state index contributed by atoms with van der Waals surface area (Å²) in [5, 5.41) is 7.37. The third-order valence-corrected chi connectivity index (χ3v) is 4.95.